The number of aromatic carboxylic acids is 1. The molecule has 0 amide bonds. The summed E-state index contributed by atoms with van der Waals surface area (Å²) in [4.78, 5) is 15.8. The fourth-order valence-corrected chi connectivity index (χ4v) is 2.77. The summed E-state index contributed by atoms with van der Waals surface area (Å²) in [5, 5.41) is 18.9. The molecule has 3 aromatic rings. The molecule has 2 N–H and O–H groups in total. The van der Waals surface area contributed by atoms with Crippen LogP contribution >= 0.6 is 0 Å². The number of nitrogens with zero attached hydrogens (tertiary/aromatic N) is 1. The maximum atomic E-state index is 13.6. The number of alkyl halides is 3. The molecule has 0 bridgehead atoms. The van der Waals surface area contributed by atoms with E-state index in [2.05, 4.69) is 4.98 Å². The SMILES string of the molecule is Cc1c(-c2cccc(C(F)(F)F)c2)nc2cc(O)c(F)cc2c1C(=O)O. The van der Waals surface area contributed by atoms with Crippen molar-refractivity contribution in [2.24, 2.45) is 0 Å². The number of carbonyl (C=O) groups is 1. The van der Waals surface area contributed by atoms with E-state index in [-0.39, 0.29) is 33.3 Å². The summed E-state index contributed by atoms with van der Waals surface area (Å²) in [6.45, 7) is 1.39. The third-order valence-electron chi connectivity index (χ3n) is 3.97. The van der Waals surface area contributed by atoms with Gasteiger partial charge >= 0.3 is 12.1 Å². The van der Waals surface area contributed by atoms with Gasteiger partial charge in [0.25, 0.3) is 0 Å². The molecule has 0 fully saturated rings. The molecule has 26 heavy (non-hydrogen) atoms. The summed E-state index contributed by atoms with van der Waals surface area (Å²) >= 11 is 0. The molecule has 8 heteroatoms. The molecule has 0 radical (unpaired) electrons. The second kappa shape index (κ2) is 5.98. The third kappa shape index (κ3) is 2.94. The molecule has 4 nitrogen and oxygen atoms in total. The van der Waals surface area contributed by atoms with E-state index in [0.717, 1.165) is 24.3 Å². The number of phenols is 1. The van der Waals surface area contributed by atoms with Gasteiger partial charge in [0.05, 0.1) is 22.3 Å². The second-order valence-corrected chi connectivity index (χ2v) is 5.66. The Morgan fingerprint density at radius 1 is 1.15 bits per heavy atom. The normalized spacial score (nSPS) is 11.7. The first kappa shape index (κ1) is 17.7. The first-order valence-corrected chi connectivity index (χ1v) is 7.33. The van der Waals surface area contributed by atoms with Crippen molar-refractivity contribution in [3.05, 3.63) is 58.9 Å². The van der Waals surface area contributed by atoms with Crippen LogP contribution in [0.15, 0.2) is 36.4 Å². The summed E-state index contributed by atoms with van der Waals surface area (Å²) in [7, 11) is 0. The zero-order valence-electron chi connectivity index (χ0n) is 13.2. The van der Waals surface area contributed by atoms with Gasteiger partial charge in [0.15, 0.2) is 11.6 Å². The zero-order chi connectivity index (χ0) is 19.2. The lowest BCUT2D eigenvalue weighted by molar-refractivity contribution is -0.137. The molecule has 0 unspecified atom stereocenters. The molecular weight excluding hydrogens is 354 g/mol. The van der Waals surface area contributed by atoms with Crippen molar-refractivity contribution in [3.63, 3.8) is 0 Å². The van der Waals surface area contributed by atoms with Crippen LogP contribution in [0.1, 0.15) is 21.5 Å². The first-order valence-electron chi connectivity index (χ1n) is 7.33. The largest absolute Gasteiger partial charge is 0.505 e. The number of carboxylic acids is 1. The van der Waals surface area contributed by atoms with Gasteiger partial charge in [-0.05, 0) is 30.7 Å². The molecule has 0 aliphatic carbocycles. The standard InChI is InChI=1S/C18H11F4NO3/c1-8-15(17(25)26)11-6-12(19)14(24)7-13(11)23-16(8)9-3-2-4-10(5-9)18(20,21)22/h2-7,24H,1H3,(H,25,26). The second-order valence-electron chi connectivity index (χ2n) is 5.66. The summed E-state index contributed by atoms with van der Waals surface area (Å²) < 4.78 is 52.5. The number of aromatic nitrogens is 1. The number of carboxylic acid groups (broad SMARTS) is 1. The van der Waals surface area contributed by atoms with E-state index in [1.54, 1.807) is 0 Å². The molecule has 0 saturated heterocycles. The molecule has 0 aliphatic heterocycles. The van der Waals surface area contributed by atoms with Gasteiger partial charge in [0, 0.05) is 17.0 Å². The van der Waals surface area contributed by atoms with Crippen molar-refractivity contribution in [2.45, 2.75) is 13.1 Å². The van der Waals surface area contributed by atoms with Gasteiger partial charge in [0.2, 0.25) is 0 Å². The van der Waals surface area contributed by atoms with Gasteiger partial charge in [-0.1, -0.05) is 12.1 Å². The Labute approximate surface area is 144 Å². The van der Waals surface area contributed by atoms with E-state index in [9.17, 15) is 32.6 Å². The summed E-state index contributed by atoms with van der Waals surface area (Å²) in [6, 6.07) is 6.07. The van der Waals surface area contributed by atoms with Crippen molar-refractivity contribution in [3.8, 4) is 17.0 Å². The minimum absolute atomic E-state index is 0.00649. The number of hydrogen-bond donors (Lipinski definition) is 2. The molecule has 0 atom stereocenters. The number of hydrogen-bond acceptors (Lipinski definition) is 3. The number of pyridine rings is 1. The first-order chi connectivity index (χ1) is 12.1. The van der Waals surface area contributed by atoms with Gasteiger partial charge in [0.1, 0.15) is 0 Å². The van der Waals surface area contributed by atoms with Crippen LogP contribution in [0.3, 0.4) is 0 Å². The quantitative estimate of drug-likeness (QED) is 0.642. The Morgan fingerprint density at radius 2 is 1.85 bits per heavy atom. The molecule has 3 rings (SSSR count). The number of aromatic hydroxyl groups is 1. The highest BCUT2D eigenvalue weighted by molar-refractivity contribution is 6.05. The average molecular weight is 365 g/mol. The summed E-state index contributed by atoms with van der Waals surface area (Å²) in [6.07, 6.45) is -4.57. The lowest BCUT2D eigenvalue weighted by Crippen LogP contribution is -2.07. The number of phenolic OH excluding ortho intramolecular Hbond substituents is 1. The number of rotatable bonds is 2. The summed E-state index contributed by atoms with van der Waals surface area (Å²) in [5.74, 6) is -3.14. The van der Waals surface area contributed by atoms with Crippen LogP contribution in [0.4, 0.5) is 17.6 Å². The average Bonchev–Trinajstić information content (AvgIpc) is 2.55. The van der Waals surface area contributed by atoms with E-state index >= 15 is 0 Å². The van der Waals surface area contributed by atoms with Gasteiger partial charge in [-0.15, -0.1) is 0 Å². The summed E-state index contributed by atoms with van der Waals surface area (Å²) in [5.41, 5.74) is -1.08. The Morgan fingerprint density at radius 3 is 2.46 bits per heavy atom. The fraction of sp³-hybridized carbons (Fsp3) is 0.111. The highest BCUT2D eigenvalue weighted by Crippen LogP contribution is 2.35. The van der Waals surface area contributed by atoms with Gasteiger partial charge < -0.3 is 10.2 Å². The number of benzene rings is 2. The number of fused-ring (bicyclic) bond motifs is 1. The van der Waals surface area contributed by atoms with Crippen molar-refractivity contribution in [2.75, 3.05) is 0 Å². The van der Waals surface area contributed by atoms with Crippen LogP contribution in [-0.2, 0) is 6.18 Å². The van der Waals surface area contributed by atoms with Crippen LogP contribution in [0.2, 0.25) is 0 Å². The highest BCUT2D eigenvalue weighted by atomic mass is 19.4. The molecule has 0 spiro atoms. The number of halogens is 4. The van der Waals surface area contributed by atoms with Crippen LogP contribution in [-0.4, -0.2) is 21.2 Å². The van der Waals surface area contributed by atoms with Crippen LogP contribution in [0.5, 0.6) is 5.75 Å². The Kier molecular flexibility index (Phi) is 4.06. The van der Waals surface area contributed by atoms with Crippen LogP contribution in [0, 0.1) is 12.7 Å². The lowest BCUT2D eigenvalue weighted by Gasteiger charge is -2.14. The minimum Gasteiger partial charge on any atom is -0.505 e. The third-order valence-corrected chi connectivity index (χ3v) is 3.97. The van der Waals surface area contributed by atoms with Crippen LogP contribution < -0.4 is 0 Å². The van der Waals surface area contributed by atoms with Gasteiger partial charge in [-0.25, -0.2) is 14.2 Å². The van der Waals surface area contributed by atoms with Crippen molar-refractivity contribution in [1.82, 2.24) is 4.98 Å². The predicted octanol–water partition coefficient (Wildman–Crippen LogP) is 4.77. The van der Waals surface area contributed by atoms with Crippen molar-refractivity contribution >= 4 is 16.9 Å². The maximum absolute atomic E-state index is 13.6. The van der Waals surface area contributed by atoms with Gasteiger partial charge in [-0.2, -0.15) is 13.2 Å². The Balaban J connectivity index is 2.36. The Hall–Kier alpha value is -3.16. The van der Waals surface area contributed by atoms with E-state index < -0.39 is 29.3 Å². The van der Waals surface area contributed by atoms with E-state index in [1.165, 1.54) is 19.1 Å². The molecule has 0 aliphatic rings. The molecule has 134 valence electrons. The maximum Gasteiger partial charge on any atom is 0.416 e. The predicted molar refractivity (Wildman–Crippen MR) is 85.5 cm³/mol. The van der Waals surface area contributed by atoms with Crippen molar-refractivity contribution < 1.29 is 32.6 Å². The monoisotopic (exact) mass is 365 g/mol. The van der Waals surface area contributed by atoms with Gasteiger partial charge in [-0.3, -0.25) is 0 Å². The van der Waals surface area contributed by atoms with E-state index in [0.29, 0.717) is 0 Å². The fourth-order valence-electron chi connectivity index (χ4n) is 2.77. The van der Waals surface area contributed by atoms with Crippen LogP contribution in [0.25, 0.3) is 22.2 Å². The molecule has 2 aromatic carbocycles. The zero-order valence-corrected chi connectivity index (χ0v) is 13.2. The minimum atomic E-state index is -4.57. The molecule has 1 aromatic heterocycles. The van der Waals surface area contributed by atoms with Crippen molar-refractivity contribution in [1.29, 1.82) is 0 Å². The highest BCUT2D eigenvalue weighted by Gasteiger charge is 2.31. The topological polar surface area (TPSA) is 70.4 Å². The molecule has 0 saturated carbocycles. The molecule has 1 heterocycles. The Bertz CT molecular complexity index is 1040. The van der Waals surface area contributed by atoms with E-state index in [4.69, 9.17) is 0 Å². The molecular formula is C18H11F4NO3. The van der Waals surface area contributed by atoms with E-state index in [1.807, 2.05) is 0 Å². The smallest absolute Gasteiger partial charge is 0.416 e. The lowest BCUT2D eigenvalue weighted by atomic mass is 9.96.